The van der Waals surface area contributed by atoms with Crippen molar-refractivity contribution in [1.82, 2.24) is 25.6 Å². The molecule has 0 bridgehead atoms. The van der Waals surface area contributed by atoms with Crippen LogP contribution in [0.15, 0.2) is 63.8 Å². The predicted octanol–water partition coefficient (Wildman–Crippen LogP) is 2.69. The van der Waals surface area contributed by atoms with Gasteiger partial charge < -0.3 is 20.0 Å². The van der Waals surface area contributed by atoms with Crippen LogP contribution in [-0.2, 0) is 30.6 Å². The van der Waals surface area contributed by atoms with Crippen LogP contribution in [0.5, 0.6) is 0 Å². The smallest absolute Gasteiger partial charge is 0.408 e. The van der Waals surface area contributed by atoms with Crippen LogP contribution in [0.1, 0.15) is 51.0 Å². The second-order valence-electron chi connectivity index (χ2n) is 11.8. The van der Waals surface area contributed by atoms with Gasteiger partial charge in [-0.3, -0.25) is 34.1 Å². The van der Waals surface area contributed by atoms with Gasteiger partial charge in [-0.1, -0.05) is 49.2 Å². The molecule has 0 unspecified atom stereocenters. The molecule has 0 radical (unpaired) electrons. The summed E-state index contributed by atoms with van der Waals surface area (Å²) in [6.45, 7) is 1.93. The lowest BCUT2D eigenvalue weighted by molar-refractivity contribution is -0.142. The number of amides is 3. The van der Waals surface area contributed by atoms with Crippen molar-refractivity contribution in [2.75, 3.05) is 6.54 Å². The Morgan fingerprint density at radius 3 is 2.69 bits per heavy atom. The number of Topliss-reactive ketones (excluding diaryl/α,β-unsaturated/α-hetero) is 1. The summed E-state index contributed by atoms with van der Waals surface area (Å²) in [6, 6.07) is 12.1. The monoisotopic (exact) mass is 635 g/mol. The average molecular weight is 636 g/mol. The van der Waals surface area contributed by atoms with E-state index in [1.807, 2.05) is 19.1 Å². The van der Waals surface area contributed by atoms with Crippen LogP contribution in [0.3, 0.4) is 0 Å². The molecule has 2 aliphatic heterocycles. The van der Waals surface area contributed by atoms with Crippen molar-refractivity contribution in [3.05, 3.63) is 75.7 Å². The van der Waals surface area contributed by atoms with Gasteiger partial charge in [0.25, 0.3) is 5.91 Å². The van der Waals surface area contributed by atoms with E-state index >= 15 is 0 Å². The Bertz CT molecular complexity index is 1740. The number of aromatic nitrogens is 1. The fourth-order valence-electron chi connectivity index (χ4n) is 5.90. The minimum absolute atomic E-state index is 0.00502. The van der Waals surface area contributed by atoms with Crippen molar-refractivity contribution in [2.45, 2.75) is 75.7 Å². The quantitative estimate of drug-likeness (QED) is 0.272. The predicted molar refractivity (Wildman–Crippen MR) is 165 cm³/mol. The molecule has 1 aromatic heterocycles. The first kappa shape index (κ1) is 30.6. The number of aryl methyl sites for hydroxylation is 1. The molecule has 2 fully saturated rings. The molecule has 3 heterocycles. The number of ketones is 1. The number of oxazole rings is 1. The minimum atomic E-state index is -1.05. The van der Waals surface area contributed by atoms with Gasteiger partial charge in [0, 0.05) is 36.0 Å². The fraction of sp³-hybridized carbons (Fsp3) is 0.406. The van der Waals surface area contributed by atoms with Crippen LogP contribution in [-0.4, -0.2) is 63.2 Å². The van der Waals surface area contributed by atoms with E-state index < -0.39 is 41.0 Å². The average Bonchev–Trinajstić information content (AvgIpc) is 3.48. The number of para-hydroxylation sites is 2. The number of fused-ring (bicyclic) bond motifs is 1. The zero-order valence-corrected chi connectivity index (χ0v) is 25.5. The normalized spacial score (nSPS) is 21.4. The Morgan fingerprint density at radius 2 is 1.93 bits per heavy atom. The van der Waals surface area contributed by atoms with Gasteiger partial charge in [0.2, 0.25) is 17.6 Å². The molecule has 3 aromatic rings. The van der Waals surface area contributed by atoms with Gasteiger partial charge in [0.05, 0.1) is 23.8 Å². The maximum absolute atomic E-state index is 13.8. The van der Waals surface area contributed by atoms with E-state index in [-0.39, 0.29) is 44.3 Å². The molecule has 45 heavy (non-hydrogen) atoms. The molecule has 3 atom stereocenters. The topological polar surface area (TPSA) is 152 Å². The van der Waals surface area contributed by atoms with Crippen molar-refractivity contribution in [1.29, 1.82) is 0 Å². The van der Waals surface area contributed by atoms with Gasteiger partial charge in [-0.15, -0.1) is 0 Å². The Labute approximate surface area is 263 Å². The molecule has 1 saturated carbocycles. The highest BCUT2D eigenvalue weighted by Gasteiger charge is 2.51. The van der Waals surface area contributed by atoms with Gasteiger partial charge >= 0.3 is 5.76 Å². The molecule has 1 saturated heterocycles. The molecular formula is C32H34ClN5O7. The summed E-state index contributed by atoms with van der Waals surface area (Å²) < 4.78 is 6.68. The second-order valence-corrected chi connectivity index (χ2v) is 12.2. The SMILES string of the molecule is CCC[C@H](NC(=O)[C@@H]1C[C@]2(C=C(c3cccc(Cl)c3)NO2)CN1C(=O)CCn1c(=O)oc2ccccc21)C(=O)C(=O)NC1CC1. The summed E-state index contributed by atoms with van der Waals surface area (Å²) in [5.41, 5.74) is 4.25. The fourth-order valence-corrected chi connectivity index (χ4v) is 6.09. The zero-order valence-electron chi connectivity index (χ0n) is 24.7. The van der Waals surface area contributed by atoms with E-state index in [9.17, 15) is 24.0 Å². The Morgan fingerprint density at radius 1 is 1.13 bits per heavy atom. The number of halogens is 1. The third-order valence-corrected chi connectivity index (χ3v) is 8.59. The first-order chi connectivity index (χ1) is 21.7. The minimum Gasteiger partial charge on any atom is -0.408 e. The number of hydroxylamine groups is 1. The highest BCUT2D eigenvalue weighted by molar-refractivity contribution is 6.38. The summed E-state index contributed by atoms with van der Waals surface area (Å²) in [5.74, 6) is -2.97. The van der Waals surface area contributed by atoms with Gasteiger partial charge in [0.1, 0.15) is 11.6 Å². The first-order valence-electron chi connectivity index (χ1n) is 15.1. The number of carbonyl (C=O) groups excluding carboxylic acids is 4. The number of rotatable bonds is 11. The molecule has 2 aromatic carbocycles. The zero-order chi connectivity index (χ0) is 31.7. The largest absolute Gasteiger partial charge is 0.419 e. The van der Waals surface area contributed by atoms with Crippen LogP contribution in [0, 0.1) is 0 Å². The van der Waals surface area contributed by atoms with Crippen LogP contribution in [0.25, 0.3) is 16.8 Å². The molecule has 12 nitrogen and oxygen atoms in total. The van der Waals surface area contributed by atoms with Crippen LogP contribution < -0.4 is 21.9 Å². The van der Waals surface area contributed by atoms with E-state index in [2.05, 4.69) is 16.1 Å². The third kappa shape index (κ3) is 6.52. The molecule has 6 rings (SSSR count). The molecule has 13 heteroatoms. The third-order valence-electron chi connectivity index (χ3n) is 8.35. The van der Waals surface area contributed by atoms with E-state index in [4.69, 9.17) is 20.9 Å². The molecule has 3 amide bonds. The first-order valence-corrected chi connectivity index (χ1v) is 15.5. The lowest BCUT2D eigenvalue weighted by Gasteiger charge is -2.26. The summed E-state index contributed by atoms with van der Waals surface area (Å²) in [6.07, 6.45) is 4.30. The lowest BCUT2D eigenvalue weighted by Crippen LogP contribution is -2.53. The van der Waals surface area contributed by atoms with Crippen LogP contribution in [0.4, 0.5) is 0 Å². The van der Waals surface area contributed by atoms with Gasteiger partial charge in [0.15, 0.2) is 5.58 Å². The summed E-state index contributed by atoms with van der Waals surface area (Å²) in [5, 5.41) is 5.98. The van der Waals surface area contributed by atoms with Crippen molar-refractivity contribution < 1.29 is 28.4 Å². The standard InChI is InChI=1S/C32H34ClN5O7/c1-2-6-22(28(40)30(42)34-21-11-12-21)35-29(41)25-17-32(16-23(36-45-32)19-7-5-8-20(33)15-19)18-38(25)27(39)13-14-37-24-9-3-4-10-26(24)44-31(37)43/h3-5,7-10,15-16,21-22,25,36H,2,6,11-14,17-18H2,1H3,(H,34,42)(H,35,41)/t22-,25-,32+/m0/s1. The number of nitrogens with one attached hydrogen (secondary N) is 3. The number of benzene rings is 2. The number of carbonyl (C=O) groups is 4. The molecule has 236 valence electrons. The summed E-state index contributed by atoms with van der Waals surface area (Å²) >= 11 is 6.19. The van der Waals surface area contributed by atoms with Crippen molar-refractivity contribution in [2.24, 2.45) is 0 Å². The van der Waals surface area contributed by atoms with Gasteiger partial charge in [-0.2, -0.15) is 0 Å². The number of hydrogen-bond acceptors (Lipinski definition) is 8. The molecule has 1 aliphatic carbocycles. The van der Waals surface area contributed by atoms with Crippen LogP contribution in [0.2, 0.25) is 5.02 Å². The Kier molecular flexibility index (Phi) is 8.52. The van der Waals surface area contributed by atoms with Gasteiger partial charge in [-0.05, 0) is 49.6 Å². The molecular weight excluding hydrogens is 602 g/mol. The number of nitrogens with zero attached hydrogens (tertiary/aromatic N) is 2. The van der Waals surface area contributed by atoms with E-state index in [0.717, 1.165) is 18.4 Å². The maximum Gasteiger partial charge on any atom is 0.419 e. The van der Waals surface area contributed by atoms with E-state index in [1.165, 1.54) is 9.47 Å². The summed E-state index contributed by atoms with van der Waals surface area (Å²) in [4.78, 5) is 73.1. The van der Waals surface area contributed by atoms with Crippen LogP contribution >= 0.6 is 11.6 Å². The number of likely N-dealkylation sites (tertiary alicyclic amines) is 1. The lowest BCUT2D eigenvalue weighted by atomic mass is 9.97. The van der Waals surface area contributed by atoms with Crippen molar-refractivity contribution in [3.8, 4) is 0 Å². The van der Waals surface area contributed by atoms with E-state index in [0.29, 0.717) is 28.2 Å². The molecule has 3 aliphatic rings. The second kappa shape index (κ2) is 12.5. The van der Waals surface area contributed by atoms with Crippen molar-refractivity contribution >= 4 is 51.9 Å². The summed E-state index contributed by atoms with van der Waals surface area (Å²) in [7, 11) is 0. The highest BCUT2D eigenvalue weighted by atomic mass is 35.5. The van der Waals surface area contributed by atoms with E-state index in [1.54, 1.807) is 42.5 Å². The van der Waals surface area contributed by atoms with Crippen molar-refractivity contribution in [3.63, 3.8) is 0 Å². The molecule has 3 N–H and O–H groups in total. The maximum atomic E-state index is 13.8. The number of hydrogen-bond donors (Lipinski definition) is 3. The Balaban J connectivity index is 1.24. The molecule has 1 spiro atoms. The Hall–Kier alpha value is -4.42. The highest BCUT2D eigenvalue weighted by Crippen LogP contribution is 2.38. The van der Waals surface area contributed by atoms with Gasteiger partial charge in [-0.25, -0.2) is 4.79 Å².